The number of hydrogen-bond acceptors (Lipinski definition) is 5. The molecule has 1 N–H and O–H groups in total. The average Bonchev–Trinajstić information content (AvgIpc) is 3.21. The van der Waals surface area contributed by atoms with E-state index in [1.807, 2.05) is 18.2 Å². The largest absolute Gasteiger partial charge is 0.393 e. The maximum atomic E-state index is 12.6. The van der Waals surface area contributed by atoms with Gasteiger partial charge in [0.2, 0.25) is 5.76 Å². The third-order valence-electron chi connectivity index (χ3n) is 5.80. The van der Waals surface area contributed by atoms with Gasteiger partial charge in [-0.2, -0.15) is 0 Å². The number of nitrogens with zero attached hydrogens (tertiary/aromatic N) is 3. The smallest absolute Gasteiger partial charge is 0.292 e. The van der Waals surface area contributed by atoms with Crippen LogP contribution in [0.3, 0.4) is 0 Å². The molecule has 2 fully saturated rings. The Hall–Kier alpha value is -1.60. The Labute approximate surface area is 180 Å². The second-order valence-electron chi connectivity index (χ2n) is 7.96. The molecule has 29 heavy (non-hydrogen) atoms. The highest BCUT2D eigenvalue weighted by atomic mass is 35.5. The van der Waals surface area contributed by atoms with Gasteiger partial charge in [-0.3, -0.25) is 9.69 Å². The Morgan fingerprint density at radius 2 is 1.93 bits per heavy atom. The number of aliphatic hydroxyl groups is 1. The molecule has 0 radical (unpaired) electrons. The van der Waals surface area contributed by atoms with E-state index in [0.29, 0.717) is 36.0 Å². The van der Waals surface area contributed by atoms with Crippen molar-refractivity contribution in [2.45, 2.75) is 44.2 Å². The molecule has 0 saturated carbocycles. The predicted molar refractivity (Wildman–Crippen MR) is 111 cm³/mol. The molecule has 156 valence electrons. The zero-order chi connectivity index (χ0) is 20.4. The summed E-state index contributed by atoms with van der Waals surface area (Å²) in [5, 5.41) is 15.0. The first-order chi connectivity index (χ1) is 14.0. The summed E-state index contributed by atoms with van der Waals surface area (Å²) >= 11 is 12.1. The lowest BCUT2D eigenvalue weighted by Gasteiger charge is -2.31. The van der Waals surface area contributed by atoms with Gasteiger partial charge in [0.05, 0.1) is 21.8 Å². The molecule has 1 aromatic heterocycles. The predicted octanol–water partition coefficient (Wildman–Crippen LogP) is 3.96. The Morgan fingerprint density at radius 3 is 2.69 bits per heavy atom. The monoisotopic (exact) mass is 437 g/mol. The molecule has 0 bridgehead atoms. The van der Waals surface area contributed by atoms with Gasteiger partial charge in [-0.1, -0.05) is 34.4 Å². The van der Waals surface area contributed by atoms with Gasteiger partial charge >= 0.3 is 0 Å². The van der Waals surface area contributed by atoms with Crippen molar-refractivity contribution in [2.24, 2.45) is 0 Å². The molecule has 2 aromatic rings. The van der Waals surface area contributed by atoms with Gasteiger partial charge in [0.1, 0.15) is 0 Å². The first-order valence-electron chi connectivity index (χ1n) is 10.1. The second-order valence-corrected chi connectivity index (χ2v) is 8.78. The van der Waals surface area contributed by atoms with E-state index in [2.05, 4.69) is 10.1 Å². The molecule has 6 nitrogen and oxygen atoms in total. The minimum absolute atomic E-state index is 0.140. The molecule has 1 aromatic carbocycles. The number of aromatic nitrogens is 1. The maximum Gasteiger partial charge on any atom is 0.292 e. The fourth-order valence-corrected chi connectivity index (χ4v) is 4.46. The molecular formula is C21H25Cl2N3O3. The average molecular weight is 438 g/mol. The molecule has 2 saturated heterocycles. The topological polar surface area (TPSA) is 69.8 Å². The molecule has 8 heteroatoms. The number of amides is 1. The number of piperidine rings is 2. The van der Waals surface area contributed by atoms with Crippen molar-refractivity contribution in [2.75, 3.05) is 26.2 Å². The number of aliphatic hydroxyl groups excluding tert-OH is 1. The van der Waals surface area contributed by atoms with Crippen molar-refractivity contribution < 1.29 is 14.4 Å². The quantitative estimate of drug-likeness (QED) is 0.783. The number of halogens is 2. The molecule has 1 atom stereocenters. The number of benzene rings is 1. The van der Waals surface area contributed by atoms with Crippen LogP contribution in [0.5, 0.6) is 0 Å². The highest BCUT2D eigenvalue weighted by molar-refractivity contribution is 6.42. The van der Waals surface area contributed by atoms with Crippen LogP contribution >= 0.6 is 23.2 Å². The first-order valence-corrected chi connectivity index (χ1v) is 10.9. The van der Waals surface area contributed by atoms with Gasteiger partial charge in [-0.25, -0.2) is 0 Å². The van der Waals surface area contributed by atoms with Gasteiger partial charge in [0.25, 0.3) is 5.91 Å². The third-order valence-corrected chi connectivity index (χ3v) is 6.54. The van der Waals surface area contributed by atoms with E-state index in [0.717, 1.165) is 43.7 Å². The Bertz CT molecular complexity index is 865. The molecule has 0 aliphatic carbocycles. The highest BCUT2D eigenvalue weighted by Gasteiger charge is 2.28. The molecule has 1 unspecified atom stereocenters. The van der Waals surface area contributed by atoms with Gasteiger partial charge in [0, 0.05) is 38.2 Å². The van der Waals surface area contributed by atoms with Crippen molar-refractivity contribution in [3.8, 4) is 0 Å². The standard InChI is InChI=1S/C21H25Cl2N3O3/c22-17-4-3-14(10-18(17)23)12-25-7-1-2-15(13-25)19-11-20(29-24-19)21(28)26-8-5-16(27)6-9-26/h3-4,10-11,15-16,27H,1-2,5-9,12-13H2. The number of carbonyl (C=O) groups excluding carboxylic acids is 1. The normalized spacial score (nSPS) is 21.5. The van der Waals surface area contributed by atoms with E-state index in [1.165, 1.54) is 0 Å². The zero-order valence-corrected chi connectivity index (χ0v) is 17.7. The van der Waals surface area contributed by atoms with Crippen LogP contribution in [0.25, 0.3) is 0 Å². The molecule has 3 heterocycles. The highest BCUT2D eigenvalue weighted by Crippen LogP contribution is 2.29. The molecular weight excluding hydrogens is 413 g/mol. The van der Waals surface area contributed by atoms with E-state index in [4.69, 9.17) is 27.7 Å². The Kier molecular flexibility index (Phi) is 6.44. The number of carbonyl (C=O) groups is 1. The van der Waals surface area contributed by atoms with Crippen molar-refractivity contribution >= 4 is 29.1 Å². The maximum absolute atomic E-state index is 12.6. The zero-order valence-electron chi connectivity index (χ0n) is 16.2. The summed E-state index contributed by atoms with van der Waals surface area (Å²) in [6.07, 6.45) is 2.99. The van der Waals surface area contributed by atoms with E-state index >= 15 is 0 Å². The van der Waals surface area contributed by atoms with Crippen LogP contribution in [0.4, 0.5) is 0 Å². The van der Waals surface area contributed by atoms with Gasteiger partial charge in [0.15, 0.2) is 0 Å². The first kappa shape index (κ1) is 20.7. The van der Waals surface area contributed by atoms with Crippen LogP contribution < -0.4 is 0 Å². The SMILES string of the molecule is O=C(c1cc(C2CCCN(Cc3ccc(Cl)c(Cl)c3)C2)no1)N1CCC(O)CC1. The summed E-state index contributed by atoms with van der Waals surface area (Å²) in [4.78, 5) is 16.7. The van der Waals surface area contributed by atoms with E-state index in [-0.39, 0.29) is 23.7 Å². The fraction of sp³-hybridized carbons (Fsp3) is 0.524. The van der Waals surface area contributed by atoms with Crippen LogP contribution in [0.1, 0.15) is 53.4 Å². The molecule has 2 aliphatic heterocycles. The molecule has 2 aliphatic rings. The molecule has 4 rings (SSSR count). The van der Waals surface area contributed by atoms with Crippen LogP contribution in [-0.4, -0.2) is 58.3 Å². The number of rotatable bonds is 4. The minimum Gasteiger partial charge on any atom is -0.393 e. The lowest BCUT2D eigenvalue weighted by molar-refractivity contribution is 0.0512. The molecule has 1 amide bonds. The van der Waals surface area contributed by atoms with Gasteiger partial charge in [-0.05, 0) is 49.9 Å². The third kappa shape index (κ3) is 4.94. The summed E-state index contributed by atoms with van der Waals surface area (Å²) in [5.74, 6) is 0.386. The summed E-state index contributed by atoms with van der Waals surface area (Å²) in [6, 6.07) is 7.53. The van der Waals surface area contributed by atoms with Crippen LogP contribution in [-0.2, 0) is 6.54 Å². The van der Waals surface area contributed by atoms with Crippen LogP contribution in [0.2, 0.25) is 10.0 Å². The van der Waals surface area contributed by atoms with Crippen molar-refractivity contribution in [1.29, 1.82) is 0 Å². The summed E-state index contributed by atoms with van der Waals surface area (Å²) < 4.78 is 5.39. The number of likely N-dealkylation sites (tertiary alicyclic amines) is 2. The van der Waals surface area contributed by atoms with Crippen LogP contribution in [0, 0.1) is 0 Å². The lowest BCUT2D eigenvalue weighted by Crippen LogP contribution is -2.39. The van der Waals surface area contributed by atoms with Crippen LogP contribution in [0.15, 0.2) is 28.8 Å². The lowest BCUT2D eigenvalue weighted by atomic mass is 9.94. The minimum atomic E-state index is -0.312. The van der Waals surface area contributed by atoms with Crippen molar-refractivity contribution in [3.63, 3.8) is 0 Å². The van der Waals surface area contributed by atoms with E-state index in [9.17, 15) is 9.90 Å². The summed E-state index contributed by atoms with van der Waals surface area (Å²) in [5.41, 5.74) is 1.97. The van der Waals surface area contributed by atoms with Gasteiger partial charge in [-0.15, -0.1) is 0 Å². The Morgan fingerprint density at radius 1 is 1.14 bits per heavy atom. The van der Waals surface area contributed by atoms with E-state index < -0.39 is 0 Å². The van der Waals surface area contributed by atoms with Crippen molar-refractivity contribution in [1.82, 2.24) is 15.0 Å². The molecule has 0 spiro atoms. The fourth-order valence-electron chi connectivity index (χ4n) is 4.14. The second kappa shape index (κ2) is 9.04. The van der Waals surface area contributed by atoms with Crippen molar-refractivity contribution in [3.05, 3.63) is 51.3 Å². The van der Waals surface area contributed by atoms with Gasteiger partial charge < -0.3 is 14.5 Å². The Balaban J connectivity index is 1.38. The summed E-state index contributed by atoms with van der Waals surface area (Å²) in [7, 11) is 0. The van der Waals surface area contributed by atoms with E-state index in [1.54, 1.807) is 11.0 Å². The summed E-state index contributed by atoms with van der Waals surface area (Å²) in [6.45, 7) is 3.77. The number of hydrogen-bond donors (Lipinski definition) is 1.